The highest BCUT2D eigenvalue weighted by molar-refractivity contribution is 5.96. The Morgan fingerprint density at radius 2 is 1.78 bits per heavy atom. The van der Waals surface area contributed by atoms with Crippen LogP contribution in [0.3, 0.4) is 0 Å². The van der Waals surface area contributed by atoms with E-state index in [2.05, 4.69) is 13.8 Å². The minimum atomic E-state index is 0.570. The van der Waals surface area contributed by atoms with Gasteiger partial charge < -0.3 is 11.1 Å². The largest absolute Gasteiger partial charge is 0.402 e. The van der Waals surface area contributed by atoms with Crippen LogP contribution < -0.4 is 5.73 Å². The molecule has 1 aliphatic rings. The average Bonchev–Trinajstić information content (AvgIpc) is 2.25. The second-order valence-corrected chi connectivity index (χ2v) is 6.79. The molecule has 1 saturated carbocycles. The van der Waals surface area contributed by atoms with Gasteiger partial charge in [-0.1, -0.05) is 20.3 Å². The molecular weight excluding hydrogens is 220 g/mol. The van der Waals surface area contributed by atoms with E-state index in [0.29, 0.717) is 11.1 Å². The fourth-order valence-electron chi connectivity index (χ4n) is 3.00. The van der Waals surface area contributed by atoms with Gasteiger partial charge in [0.25, 0.3) is 0 Å². The standard InChI is InChI=1S/C16H30N2/c1-12(17)15(13(2)18)7-5-6-14-8-10-16(3,4)11-9-14/h14,17H,5-11,18H2,1-4H3/b15-13-,17-12?. The van der Waals surface area contributed by atoms with Crippen LogP contribution in [0.15, 0.2) is 11.3 Å². The molecule has 104 valence electrons. The lowest BCUT2D eigenvalue weighted by molar-refractivity contribution is 0.183. The van der Waals surface area contributed by atoms with Crippen LogP contribution in [0.1, 0.15) is 72.6 Å². The molecule has 0 spiro atoms. The molecule has 18 heavy (non-hydrogen) atoms. The molecule has 1 rings (SSSR count). The summed E-state index contributed by atoms with van der Waals surface area (Å²) in [5, 5.41) is 7.72. The summed E-state index contributed by atoms with van der Waals surface area (Å²) in [7, 11) is 0. The fraction of sp³-hybridized carbons (Fsp3) is 0.812. The molecule has 0 heterocycles. The topological polar surface area (TPSA) is 49.9 Å². The summed E-state index contributed by atoms with van der Waals surface area (Å²) in [6.07, 6.45) is 9.00. The minimum Gasteiger partial charge on any atom is -0.402 e. The highest BCUT2D eigenvalue weighted by Crippen LogP contribution is 2.39. The molecule has 0 atom stereocenters. The predicted molar refractivity (Wildman–Crippen MR) is 79.9 cm³/mol. The van der Waals surface area contributed by atoms with Crippen molar-refractivity contribution in [3.63, 3.8) is 0 Å². The molecule has 0 radical (unpaired) electrons. The highest BCUT2D eigenvalue weighted by atomic mass is 14.6. The zero-order valence-electron chi connectivity index (χ0n) is 12.6. The summed E-state index contributed by atoms with van der Waals surface area (Å²) in [5.41, 5.74) is 8.93. The first-order chi connectivity index (χ1) is 8.32. The summed E-state index contributed by atoms with van der Waals surface area (Å²) in [6, 6.07) is 0. The Balaban J connectivity index is 2.31. The van der Waals surface area contributed by atoms with Crippen LogP contribution in [0.25, 0.3) is 0 Å². The maximum Gasteiger partial charge on any atom is 0.0331 e. The van der Waals surface area contributed by atoms with Crippen molar-refractivity contribution < 1.29 is 0 Å². The predicted octanol–water partition coefficient (Wildman–Crippen LogP) is 4.65. The monoisotopic (exact) mass is 250 g/mol. The lowest BCUT2D eigenvalue weighted by Gasteiger charge is -2.34. The van der Waals surface area contributed by atoms with Crippen LogP contribution >= 0.6 is 0 Å². The van der Waals surface area contributed by atoms with Gasteiger partial charge in [0.2, 0.25) is 0 Å². The van der Waals surface area contributed by atoms with Gasteiger partial charge in [0.15, 0.2) is 0 Å². The maximum absolute atomic E-state index is 7.72. The van der Waals surface area contributed by atoms with Gasteiger partial charge in [-0.25, -0.2) is 0 Å². The van der Waals surface area contributed by atoms with Gasteiger partial charge in [-0.15, -0.1) is 0 Å². The third kappa shape index (κ3) is 4.83. The van der Waals surface area contributed by atoms with Gasteiger partial charge >= 0.3 is 0 Å². The summed E-state index contributed by atoms with van der Waals surface area (Å²) in [4.78, 5) is 0. The van der Waals surface area contributed by atoms with E-state index < -0.39 is 0 Å². The molecule has 0 bridgehead atoms. The van der Waals surface area contributed by atoms with Crippen molar-refractivity contribution in [2.45, 2.75) is 72.6 Å². The normalized spacial score (nSPS) is 21.6. The van der Waals surface area contributed by atoms with Gasteiger partial charge in [0.1, 0.15) is 0 Å². The molecule has 0 unspecified atom stereocenters. The molecule has 3 N–H and O–H groups in total. The third-order valence-corrected chi connectivity index (χ3v) is 4.43. The van der Waals surface area contributed by atoms with Crippen molar-refractivity contribution in [3.05, 3.63) is 11.3 Å². The number of allylic oxidation sites excluding steroid dienone is 2. The molecule has 0 amide bonds. The van der Waals surface area contributed by atoms with Crippen molar-refractivity contribution in [3.8, 4) is 0 Å². The molecule has 0 saturated heterocycles. The maximum atomic E-state index is 7.72. The summed E-state index contributed by atoms with van der Waals surface area (Å²) in [5.74, 6) is 0.906. The van der Waals surface area contributed by atoms with E-state index in [1.54, 1.807) is 0 Å². The SMILES string of the molecule is CC(=N)/C(CCCC1CCC(C)(C)CC1)=C(/C)N. The second-order valence-electron chi connectivity index (χ2n) is 6.79. The smallest absolute Gasteiger partial charge is 0.0331 e. The van der Waals surface area contributed by atoms with Crippen LogP contribution in [-0.4, -0.2) is 5.71 Å². The molecule has 2 nitrogen and oxygen atoms in total. The average molecular weight is 250 g/mol. The molecule has 2 heteroatoms. The molecule has 0 aromatic heterocycles. The van der Waals surface area contributed by atoms with Crippen molar-refractivity contribution >= 4 is 5.71 Å². The van der Waals surface area contributed by atoms with Gasteiger partial charge in [0, 0.05) is 11.4 Å². The van der Waals surface area contributed by atoms with Crippen LogP contribution in [0.4, 0.5) is 0 Å². The highest BCUT2D eigenvalue weighted by Gasteiger charge is 2.26. The van der Waals surface area contributed by atoms with E-state index in [1.165, 1.54) is 38.5 Å². The second kappa shape index (κ2) is 6.40. The Labute approximate surface area is 113 Å². The Morgan fingerprint density at radius 1 is 1.22 bits per heavy atom. The first kappa shape index (κ1) is 15.3. The Hall–Kier alpha value is -0.790. The van der Waals surface area contributed by atoms with E-state index in [1.807, 2.05) is 13.8 Å². The first-order valence-corrected chi connectivity index (χ1v) is 7.32. The molecule has 1 fully saturated rings. The Morgan fingerprint density at radius 3 is 2.22 bits per heavy atom. The minimum absolute atomic E-state index is 0.570. The number of nitrogens with two attached hydrogens (primary N) is 1. The van der Waals surface area contributed by atoms with Crippen molar-refractivity contribution in [1.29, 1.82) is 5.41 Å². The van der Waals surface area contributed by atoms with Crippen LogP contribution in [-0.2, 0) is 0 Å². The number of rotatable bonds is 5. The first-order valence-electron chi connectivity index (χ1n) is 7.32. The summed E-state index contributed by atoms with van der Waals surface area (Å²) < 4.78 is 0. The van der Waals surface area contributed by atoms with Crippen molar-refractivity contribution in [2.75, 3.05) is 0 Å². The van der Waals surface area contributed by atoms with Crippen molar-refractivity contribution in [1.82, 2.24) is 0 Å². The molecule has 0 aromatic carbocycles. The lowest BCUT2D eigenvalue weighted by atomic mass is 9.72. The Kier molecular flexibility index (Phi) is 5.43. The van der Waals surface area contributed by atoms with Gasteiger partial charge in [-0.3, -0.25) is 0 Å². The van der Waals surface area contributed by atoms with E-state index in [4.69, 9.17) is 11.1 Å². The van der Waals surface area contributed by atoms with E-state index in [0.717, 1.165) is 23.6 Å². The zero-order chi connectivity index (χ0) is 13.8. The van der Waals surface area contributed by atoms with E-state index >= 15 is 0 Å². The van der Waals surface area contributed by atoms with Gasteiger partial charge in [0.05, 0.1) is 0 Å². The van der Waals surface area contributed by atoms with E-state index in [-0.39, 0.29) is 0 Å². The van der Waals surface area contributed by atoms with Crippen LogP contribution in [0, 0.1) is 16.7 Å². The Bertz CT molecular complexity index is 312. The fourth-order valence-corrected chi connectivity index (χ4v) is 3.00. The number of hydrogen-bond donors (Lipinski definition) is 2. The van der Waals surface area contributed by atoms with Crippen molar-refractivity contribution in [2.24, 2.45) is 17.1 Å². The quantitative estimate of drug-likeness (QED) is 0.686. The van der Waals surface area contributed by atoms with Crippen LogP contribution in [0.2, 0.25) is 0 Å². The summed E-state index contributed by atoms with van der Waals surface area (Å²) >= 11 is 0. The lowest BCUT2D eigenvalue weighted by Crippen LogP contribution is -2.21. The summed E-state index contributed by atoms with van der Waals surface area (Å²) in [6.45, 7) is 8.53. The van der Waals surface area contributed by atoms with Crippen LogP contribution in [0.5, 0.6) is 0 Å². The third-order valence-electron chi connectivity index (χ3n) is 4.43. The number of hydrogen-bond acceptors (Lipinski definition) is 2. The molecule has 0 aromatic rings. The zero-order valence-corrected chi connectivity index (χ0v) is 12.6. The van der Waals surface area contributed by atoms with Gasteiger partial charge in [-0.2, -0.15) is 0 Å². The molecular formula is C16H30N2. The number of nitrogens with one attached hydrogen (secondary N) is 1. The van der Waals surface area contributed by atoms with Gasteiger partial charge in [-0.05, 0) is 69.3 Å². The molecule has 0 aliphatic heterocycles. The van der Waals surface area contributed by atoms with E-state index in [9.17, 15) is 0 Å². The molecule has 1 aliphatic carbocycles.